The Hall–Kier alpha value is -2.14. The van der Waals surface area contributed by atoms with Crippen LogP contribution >= 0.6 is 0 Å². The van der Waals surface area contributed by atoms with Crippen molar-refractivity contribution in [3.05, 3.63) is 42.1 Å². The van der Waals surface area contributed by atoms with Gasteiger partial charge in [0.25, 0.3) is 5.91 Å². The van der Waals surface area contributed by atoms with Gasteiger partial charge in [-0.2, -0.15) is 5.10 Å². The molecule has 0 atom stereocenters. The monoisotopic (exact) mass is 366 g/mol. The average molecular weight is 367 g/mol. The van der Waals surface area contributed by atoms with E-state index in [0.29, 0.717) is 5.69 Å². The van der Waals surface area contributed by atoms with Crippen LogP contribution in [0.15, 0.2) is 36.4 Å². The smallest absolute Gasteiger partial charge is 0.269 e. The van der Waals surface area contributed by atoms with Gasteiger partial charge in [-0.15, -0.1) is 0 Å². The van der Waals surface area contributed by atoms with Crippen molar-refractivity contribution < 1.29 is 4.79 Å². The minimum absolute atomic E-state index is 0.0459. The lowest BCUT2D eigenvalue weighted by Crippen LogP contribution is -2.46. The molecule has 0 spiro atoms. The van der Waals surface area contributed by atoms with Gasteiger partial charge in [0, 0.05) is 31.2 Å². The first kappa shape index (κ1) is 18.2. The Labute approximate surface area is 161 Å². The highest BCUT2D eigenvalue weighted by molar-refractivity contribution is 5.93. The third kappa shape index (κ3) is 4.78. The second-order valence-corrected chi connectivity index (χ2v) is 8.09. The molecule has 2 heterocycles. The van der Waals surface area contributed by atoms with Gasteiger partial charge in [0.1, 0.15) is 5.69 Å². The Morgan fingerprint density at radius 2 is 1.81 bits per heavy atom. The van der Waals surface area contributed by atoms with Crippen molar-refractivity contribution in [3.8, 4) is 11.3 Å². The van der Waals surface area contributed by atoms with E-state index in [-0.39, 0.29) is 11.9 Å². The number of hydrogen-bond acceptors (Lipinski definition) is 3. The third-order valence-corrected chi connectivity index (χ3v) is 6.06. The van der Waals surface area contributed by atoms with Gasteiger partial charge in [0.2, 0.25) is 0 Å². The number of nitrogens with zero attached hydrogens (tertiary/aromatic N) is 2. The third-order valence-electron chi connectivity index (χ3n) is 6.06. The molecule has 0 radical (unpaired) electrons. The number of H-pyrrole nitrogens is 1. The van der Waals surface area contributed by atoms with Gasteiger partial charge in [-0.3, -0.25) is 9.89 Å². The number of hydrogen-bond donors (Lipinski definition) is 2. The number of carbonyl (C=O) groups is 1. The fourth-order valence-corrected chi connectivity index (χ4v) is 4.45. The molecule has 4 rings (SSSR count). The first-order chi connectivity index (χ1) is 13.3. The Morgan fingerprint density at radius 3 is 2.56 bits per heavy atom. The van der Waals surface area contributed by atoms with Gasteiger partial charge in [-0.05, 0) is 37.7 Å². The quantitative estimate of drug-likeness (QED) is 0.845. The highest BCUT2D eigenvalue weighted by atomic mass is 16.2. The number of nitrogens with one attached hydrogen (secondary N) is 2. The first-order valence-electron chi connectivity index (χ1n) is 10.4. The van der Waals surface area contributed by atoms with E-state index in [2.05, 4.69) is 20.4 Å². The molecule has 27 heavy (non-hydrogen) atoms. The second kappa shape index (κ2) is 8.70. The summed E-state index contributed by atoms with van der Waals surface area (Å²) in [7, 11) is 0. The molecule has 5 heteroatoms. The van der Waals surface area contributed by atoms with Gasteiger partial charge >= 0.3 is 0 Å². The normalized spacial score (nSPS) is 19.9. The molecule has 2 aliphatic rings. The van der Waals surface area contributed by atoms with Crippen LogP contribution in [0.3, 0.4) is 0 Å². The summed E-state index contributed by atoms with van der Waals surface area (Å²) in [6.45, 7) is 3.45. The van der Waals surface area contributed by atoms with Gasteiger partial charge in [-0.1, -0.05) is 49.6 Å². The number of aromatic nitrogens is 2. The number of rotatable bonds is 5. The molecule has 1 amide bonds. The van der Waals surface area contributed by atoms with E-state index in [4.69, 9.17) is 0 Å². The molecule has 2 aromatic rings. The van der Waals surface area contributed by atoms with Crippen LogP contribution in [0.1, 0.15) is 55.4 Å². The Bertz CT molecular complexity index is 728. The fraction of sp³-hybridized carbons (Fsp3) is 0.545. The summed E-state index contributed by atoms with van der Waals surface area (Å²) in [5.41, 5.74) is 2.37. The summed E-state index contributed by atoms with van der Waals surface area (Å²) in [5, 5.41) is 10.4. The van der Waals surface area contributed by atoms with E-state index in [1.165, 1.54) is 38.6 Å². The number of likely N-dealkylation sites (tertiary alicyclic amines) is 1. The molecule has 0 unspecified atom stereocenters. The summed E-state index contributed by atoms with van der Waals surface area (Å²) < 4.78 is 0. The van der Waals surface area contributed by atoms with E-state index in [1.807, 2.05) is 36.4 Å². The zero-order valence-electron chi connectivity index (χ0n) is 16.0. The van der Waals surface area contributed by atoms with Crippen molar-refractivity contribution in [2.75, 3.05) is 19.6 Å². The van der Waals surface area contributed by atoms with E-state index >= 15 is 0 Å². The Balaban J connectivity index is 1.25. The zero-order valence-corrected chi connectivity index (χ0v) is 16.0. The van der Waals surface area contributed by atoms with Crippen molar-refractivity contribution >= 4 is 5.91 Å². The van der Waals surface area contributed by atoms with Crippen molar-refractivity contribution in [1.29, 1.82) is 0 Å². The van der Waals surface area contributed by atoms with Crippen LogP contribution in [0.4, 0.5) is 0 Å². The molecule has 2 fully saturated rings. The van der Waals surface area contributed by atoms with Gasteiger partial charge < -0.3 is 10.2 Å². The second-order valence-electron chi connectivity index (χ2n) is 8.09. The maximum Gasteiger partial charge on any atom is 0.269 e. The first-order valence-corrected chi connectivity index (χ1v) is 10.4. The maximum atomic E-state index is 12.6. The summed E-state index contributed by atoms with van der Waals surface area (Å²) >= 11 is 0. The highest BCUT2D eigenvalue weighted by Gasteiger charge is 2.24. The lowest BCUT2D eigenvalue weighted by atomic mass is 9.88. The zero-order chi connectivity index (χ0) is 18.5. The standard InChI is InChI=1S/C22H30N4O/c27-22(21-15-20(24-25-21)18-9-5-2-6-10-18)23-19-11-13-26(14-12-19)16-17-7-3-1-4-8-17/h2,5-6,9-10,15,17,19H,1,3-4,7-8,11-14,16H2,(H,23,27)(H,24,25). The summed E-state index contributed by atoms with van der Waals surface area (Å²) in [6, 6.07) is 12.0. The minimum atomic E-state index is -0.0459. The van der Waals surface area contributed by atoms with Crippen LogP contribution in [0.5, 0.6) is 0 Å². The van der Waals surface area contributed by atoms with Crippen LogP contribution in [0.2, 0.25) is 0 Å². The van der Waals surface area contributed by atoms with E-state index in [1.54, 1.807) is 0 Å². The number of carbonyl (C=O) groups excluding carboxylic acids is 1. The molecule has 2 N–H and O–H groups in total. The Kier molecular flexibility index (Phi) is 5.87. The summed E-state index contributed by atoms with van der Waals surface area (Å²) in [4.78, 5) is 15.2. The average Bonchev–Trinajstić information content (AvgIpc) is 3.21. The van der Waals surface area contributed by atoms with Crippen LogP contribution in [-0.2, 0) is 0 Å². The summed E-state index contributed by atoms with van der Waals surface area (Å²) in [5.74, 6) is 0.849. The topological polar surface area (TPSA) is 61.0 Å². The molecule has 1 aromatic carbocycles. The molecular weight excluding hydrogens is 336 g/mol. The molecule has 5 nitrogen and oxygen atoms in total. The number of piperidine rings is 1. The van der Waals surface area contributed by atoms with Crippen molar-refractivity contribution in [2.24, 2.45) is 5.92 Å². The SMILES string of the molecule is O=C(NC1CCN(CC2CCCCC2)CC1)c1cc(-c2ccccc2)n[nH]1. The molecule has 1 aliphatic carbocycles. The number of aromatic amines is 1. The predicted octanol–water partition coefficient (Wildman–Crippen LogP) is 3.85. The van der Waals surface area contributed by atoms with Crippen LogP contribution in [-0.4, -0.2) is 46.7 Å². The molecule has 144 valence electrons. The van der Waals surface area contributed by atoms with Gasteiger partial charge in [0.15, 0.2) is 0 Å². The molecule has 1 aliphatic heterocycles. The molecule has 1 saturated heterocycles. The molecule has 1 saturated carbocycles. The van der Waals surface area contributed by atoms with Gasteiger partial charge in [-0.25, -0.2) is 0 Å². The maximum absolute atomic E-state index is 12.6. The highest BCUT2D eigenvalue weighted by Crippen LogP contribution is 2.25. The van der Waals surface area contributed by atoms with Crippen molar-refractivity contribution in [3.63, 3.8) is 0 Å². The molecular formula is C22H30N4O. The lowest BCUT2D eigenvalue weighted by molar-refractivity contribution is 0.0896. The van der Waals surface area contributed by atoms with Crippen LogP contribution < -0.4 is 5.32 Å². The summed E-state index contributed by atoms with van der Waals surface area (Å²) in [6.07, 6.45) is 9.12. The van der Waals surface area contributed by atoms with Crippen molar-refractivity contribution in [1.82, 2.24) is 20.4 Å². The number of benzene rings is 1. The van der Waals surface area contributed by atoms with E-state index < -0.39 is 0 Å². The fourth-order valence-electron chi connectivity index (χ4n) is 4.45. The number of amides is 1. The lowest BCUT2D eigenvalue weighted by Gasteiger charge is -2.35. The minimum Gasteiger partial charge on any atom is -0.348 e. The van der Waals surface area contributed by atoms with E-state index in [9.17, 15) is 4.79 Å². The van der Waals surface area contributed by atoms with Crippen LogP contribution in [0, 0.1) is 5.92 Å². The van der Waals surface area contributed by atoms with E-state index in [0.717, 1.165) is 43.1 Å². The predicted molar refractivity (Wildman–Crippen MR) is 108 cm³/mol. The van der Waals surface area contributed by atoms with Crippen molar-refractivity contribution in [2.45, 2.75) is 51.0 Å². The molecule has 0 bridgehead atoms. The van der Waals surface area contributed by atoms with Gasteiger partial charge in [0.05, 0.1) is 5.69 Å². The van der Waals surface area contributed by atoms with Crippen LogP contribution in [0.25, 0.3) is 11.3 Å². The Morgan fingerprint density at radius 1 is 1.07 bits per heavy atom. The largest absolute Gasteiger partial charge is 0.348 e. The molecule has 1 aromatic heterocycles.